The van der Waals surface area contributed by atoms with Gasteiger partial charge in [-0.15, -0.1) is 0 Å². The molecule has 0 aromatic carbocycles. The van der Waals surface area contributed by atoms with E-state index in [4.69, 9.17) is 10.3 Å². The maximum atomic E-state index is 5.83. The molecule has 80 valence electrons. The Labute approximate surface area is 86.1 Å². The molecule has 0 aliphatic rings. The minimum Gasteiger partial charge on any atom is -0.339 e. The number of rotatable bonds is 3. The van der Waals surface area contributed by atoms with Gasteiger partial charge in [0.05, 0.1) is 0 Å². The van der Waals surface area contributed by atoms with E-state index in [1.807, 2.05) is 13.8 Å². The number of nitrogens with zero attached hydrogens (tertiary/aromatic N) is 4. The van der Waals surface area contributed by atoms with Gasteiger partial charge in [0.15, 0.2) is 5.82 Å². The Morgan fingerprint density at radius 1 is 1.53 bits per heavy atom. The first-order chi connectivity index (χ1) is 7.04. The third-order valence-corrected chi connectivity index (χ3v) is 1.70. The largest absolute Gasteiger partial charge is 0.339 e. The van der Waals surface area contributed by atoms with Crippen LogP contribution in [0.4, 0.5) is 0 Å². The van der Waals surface area contributed by atoms with Crippen LogP contribution in [0, 0.1) is 0 Å². The van der Waals surface area contributed by atoms with Gasteiger partial charge in [-0.1, -0.05) is 5.16 Å². The summed E-state index contributed by atoms with van der Waals surface area (Å²) in [6.45, 7) is 3.79. The van der Waals surface area contributed by atoms with Crippen molar-refractivity contribution in [3.8, 4) is 11.6 Å². The van der Waals surface area contributed by atoms with Gasteiger partial charge < -0.3 is 10.3 Å². The fraction of sp³-hybridized carbons (Fsp3) is 0.500. The normalized spacial score (nSPS) is 11.9. The number of hydrogen-bond acceptors (Lipinski definition) is 6. The summed E-state index contributed by atoms with van der Waals surface area (Å²) in [6, 6.07) is 0. The van der Waals surface area contributed by atoms with Crippen LogP contribution in [0.15, 0.2) is 10.9 Å². The lowest BCUT2D eigenvalue weighted by atomic mass is 10.0. The molecule has 0 spiro atoms. The molecule has 2 aromatic rings. The van der Waals surface area contributed by atoms with E-state index in [2.05, 4.69) is 25.3 Å². The molecule has 0 aliphatic carbocycles. The minimum atomic E-state index is -0.370. The van der Waals surface area contributed by atoms with E-state index in [1.165, 1.54) is 6.33 Å². The Balaban J connectivity index is 2.18. The van der Waals surface area contributed by atoms with Crippen molar-refractivity contribution < 1.29 is 4.52 Å². The number of H-pyrrole nitrogens is 1. The number of aromatic amines is 1. The summed E-state index contributed by atoms with van der Waals surface area (Å²) in [5, 5.41) is 10.1. The molecule has 0 radical (unpaired) electrons. The van der Waals surface area contributed by atoms with Crippen molar-refractivity contribution in [3.05, 3.63) is 12.2 Å². The fourth-order valence-electron chi connectivity index (χ4n) is 1.13. The summed E-state index contributed by atoms with van der Waals surface area (Å²) in [7, 11) is 0. The highest BCUT2D eigenvalue weighted by Gasteiger charge is 2.18. The van der Waals surface area contributed by atoms with E-state index in [9.17, 15) is 0 Å². The number of aromatic nitrogens is 5. The third kappa shape index (κ3) is 2.38. The highest BCUT2D eigenvalue weighted by molar-refractivity contribution is 5.39. The Hall–Kier alpha value is -1.76. The maximum absolute atomic E-state index is 5.83. The van der Waals surface area contributed by atoms with Gasteiger partial charge in [0.1, 0.15) is 6.33 Å². The molecule has 0 fully saturated rings. The van der Waals surface area contributed by atoms with E-state index in [-0.39, 0.29) is 5.54 Å². The summed E-state index contributed by atoms with van der Waals surface area (Å²) in [5.74, 6) is 1.38. The zero-order valence-electron chi connectivity index (χ0n) is 8.56. The molecule has 0 bridgehead atoms. The summed E-state index contributed by atoms with van der Waals surface area (Å²) < 4.78 is 5.04. The highest BCUT2D eigenvalue weighted by atomic mass is 16.5. The monoisotopic (exact) mass is 208 g/mol. The molecule has 3 N–H and O–H groups in total. The van der Waals surface area contributed by atoms with Crippen molar-refractivity contribution in [2.45, 2.75) is 25.8 Å². The van der Waals surface area contributed by atoms with Crippen molar-refractivity contribution >= 4 is 0 Å². The van der Waals surface area contributed by atoms with Gasteiger partial charge in [0, 0.05) is 12.0 Å². The molecular weight excluding hydrogens is 196 g/mol. The van der Waals surface area contributed by atoms with Crippen molar-refractivity contribution in [3.63, 3.8) is 0 Å². The molecule has 0 atom stereocenters. The van der Waals surface area contributed by atoms with E-state index < -0.39 is 0 Å². The van der Waals surface area contributed by atoms with Crippen molar-refractivity contribution in [1.29, 1.82) is 0 Å². The second-order valence-electron chi connectivity index (χ2n) is 4.01. The van der Waals surface area contributed by atoms with E-state index in [1.54, 1.807) is 0 Å². The fourth-order valence-corrected chi connectivity index (χ4v) is 1.13. The summed E-state index contributed by atoms with van der Waals surface area (Å²) in [4.78, 5) is 8.06. The lowest BCUT2D eigenvalue weighted by Crippen LogP contribution is -2.34. The highest BCUT2D eigenvalue weighted by Crippen LogP contribution is 2.12. The van der Waals surface area contributed by atoms with Crippen LogP contribution in [0.3, 0.4) is 0 Å². The standard InChI is InChI=1S/C8H12N6O/c1-8(2,9)3-5-12-7(14-15-5)6-10-4-11-13-6/h4H,3,9H2,1-2H3,(H,10,11,13). The zero-order chi connectivity index (χ0) is 10.9. The molecule has 2 heterocycles. The smallest absolute Gasteiger partial charge is 0.239 e. The molecule has 7 heteroatoms. The Morgan fingerprint density at radius 3 is 2.93 bits per heavy atom. The van der Waals surface area contributed by atoms with Crippen molar-refractivity contribution in [2.24, 2.45) is 5.73 Å². The molecule has 2 aromatic heterocycles. The third-order valence-electron chi connectivity index (χ3n) is 1.70. The second kappa shape index (κ2) is 3.43. The summed E-state index contributed by atoms with van der Waals surface area (Å²) >= 11 is 0. The lowest BCUT2D eigenvalue weighted by Gasteiger charge is -2.14. The number of nitrogens with one attached hydrogen (secondary N) is 1. The average Bonchev–Trinajstić information content (AvgIpc) is 2.68. The van der Waals surface area contributed by atoms with Crippen LogP contribution in [0.5, 0.6) is 0 Å². The van der Waals surface area contributed by atoms with Gasteiger partial charge in [-0.25, -0.2) is 4.98 Å². The van der Waals surface area contributed by atoms with Gasteiger partial charge in [0.2, 0.25) is 11.7 Å². The molecule has 0 aliphatic heterocycles. The van der Waals surface area contributed by atoms with E-state index in [0.717, 1.165) is 0 Å². The summed E-state index contributed by atoms with van der Waals surface area (Å²) in [5.41, 5.74) is 5.46. The lowest BCUT2D eigenvalue weighted by molar-refractivity contribution is 0.348. The van der Waals surface area contributed by atoms with E-state index >= 15 is 0 Å². The van der Waals surface area contributed by atoms with Gasteiger partial charge in [-0.3, -0.25) is 5.10 Å². The molecule has 2 rings (SSSR count). The van der Waals surface area contributed by atoms with Gasteiger partial charge in [-0.05, 0) is 13.8 Å². The SMILES string of the molecule is CC(C)(N)Cc1nc(-c2ncn[nH]2)no1. The molecule has 0 amide bonds. The molecule has 0 unspecified atom stereocenters. The molecule has 0 saturated carbocycles. The molecule has 7 nitrogen and oxygen atoms in total. The van der Waals surface area contributed by atoms with Gasteiger partial charge in [-0.2, -0.15) is 10.1 Å². The Kier molecular flexibility index (Phi) is 2.24. The van der Waals surface area contributed by atoms with E-state index in [0.29, 0.717) is 24.0 Å². The van der Waals surface area contributed by atoms with Crippen molar-refractivity contribution in [2.75, 3.05) is 0 Å². The van der Waals surface area contributed by atoms with Crippen LogP contribution in [-0.2, 0) is 6.42 Å². The molecule has 0 saturated heterocycles. The quantitative estimate of drug-likeness (QED) is 0.742. The van der Waals surface area contributed by atoms with Crippen LogP contribution in [-0.4, -0.2) is 30.9 Å². The van der Waals surface area contributed by atoms with Crippen LogP contribution in [0.25, 0.3) is 11.6 Å². The molecular formula is C8H12N6O. The maximum Gasteiger partial charge on any atom is 0.239 e. The number of hydrogen-bond donors (Lipinski definition) is 2. The van der Waals surface area contributed by atoms with Crippen LogP contribution >= 0.6 is 0 Å². The predicted molar refractivity (Wildman–Crippen MR) is 51.6 cm³/mol. The Bertz CT molecular complexity index is 426. The predicted octanol–water partition coefficient (Wildman–Crippen LogP) is 0.134. The van der Waals surface area contributed by atoms with Crippen LogP contribution in [0.1, 0.15) is 19.7 Å². The first-order valence-corrected chi connectivity index (χ1v) is 4.52. The zero-order valence-corrected chi connectivity index (χ0v) is 8.56. The molecule has 15 heavy (non-hydrogen) atoms. The summed E-state index contributed by atoms with van der Waals surface area (Å²) in [6.07, 6.45) is 1.91. The first-order valence-electron chi connectivity index (χ1n) is 4.52. The van der Waals surface area contributed by atoms with Crippen LogP contribution < -0.4 is 5.73 Å². The second-order valence-corrected chi connectivity index (χ2v) is 4.01. The first kappa shape index (κ1) is 9.78. The van der Waals surface area contributed by atoms with Crippen LogP contribution in [0.2, 0.25) is 0 Å². The van der Waals surface area contributed by atoms with Crippen molar-refractivity contribution in [1.82, 2.24) is 25.3 Å². The van der Waals surface area contributed by atoms with Gasteiger partial charge in [0.25, 0.3) is 0 Å². The minimum absolute atomic E-state index is 0.370. The topological polar surface area (TPSA) is 107 Å². The van der Waals surface area contributed by atoms with Gasteiger partial charge >= 0.3 is 0 Å². The average molecular weight is 208 g/mol. The Morgan fingerprint density at radius 2 is 2.33 bits per heavy atom. The number of nitrogens with two attached hydrogens (primary N) is 1.